The molecule has 4 heteroatoms. The molecule has 0 fully saturated rings. The van der Waals surface area contributed by atoms with Crippen LogP contribution in [-0.2, 0) is 0 Å². The Morgan fingerprint density at radius 2 is 1.90 bits per heavy atom. The monoisotopic (exact) mass is 278 g/mol. The van der Waals surface area contributed by atoms with Crippen LogP contribution in [0.3, 0.4) is 0 Å². The first-order valence-corrected chi connectivity index (χ1v) is 7.45. The van der Waals surface area contributed by atoms with E-state index in [9.17, 15) is 4.79 Å². The van der Waals surface area contributed by atoms with Crippen LogP contribution in [0.5, 0.6) is 5.75 Å². The zero-order valence-corrected chi connectivity index (χ0v) is 12.6. The summed E-state index contributed by atoms with van der Waals surface area (Å²) < 4.78 is 5.59. The molecule has 0 aliphatic rings. The summed E-state index contributed by atoms with van der Waals surface area (Å²) in [5.41, 5.74) is 6.19. The summed E-state index contributed by atoms with van der Waals surface area (Å²) in [6, 6.07) is 7.38. The minimum atomic E-state index is 0.0565. The summed E-state index contributed by atoms with van der Waals surface area (Å²) in [6.45, 7) is 6.85. The van der Waals surface area contributed by atoms with Crippen LogP contribution in [0.25, 0.3) is 0 Å². The van der Waals surface area contributed by atoms with E-state index in [1.807, 2.05) is 36.1 Å². The lowest BCUT2D eigenvalue weighted by Gasteiger charge is -2.20. The predicted molar refractivity (Wildman–Crippen MR) is 82.1 cm³/mol. The van der Waals surface area contributed by atoms with E-state index >= 15 is 0 Å². The van der Waals surface area contributed by atoms with E-state index < -0.39 is 0 Å². The molecule has 0 saturated carbocycles. The number of amides is 1. The zero-order valence-electron chi connectivity index (χ0n) is 12.6. The van der Waals surface area contributed by atoms with E-state index in [0.717, 1.165) is 31.6 Å². The maximum atomic E-state index is 12.3. The molecule has 1 aromatic carbocycles. The number of hydrogen-bond donors (Lipinski definition) is 1. The Hall–Kier alpha value is -1.55. The Labute approximate surface area is 121 Å². The van der Waals surface area contributed by atoms with E-state index in [1.165, 1.54) is 0 Å². The number of unbranched alkanes of at least 4 members (excludes halogenated alkanes) is 1. The predicted octanol–water partition coefficient (Wildman–Crippen LogP) is 2.68. The van der Waals surface area contributed by atoms with Gasteiger partial charge in [0.2, 0.25) is 0 Å². The Kier molecular flexibility index (Phi) is 7.73. The first-order chi connectivity index (χ1) is 9.72. The largest absolute Gasteiger partial charge is 0.494 e. The Morgan fingerprint density at radius 3 is 2.45 bits per heavy atom. The lowest BCUT2D eigenvalue weighted by molar-refractivity contribution is 0.0763. The van der Waals surface area contributed by atoms with Crippen LogP contribution in [0.2, 0.25) is 0 Å². The molecule has 0 saturated heterocycles. The topological polar surface area (TPSA) is 55.6 Å². The Morgan fingerprint density at radius 1 is 1.20 bits per heavy atom. The van der Waals surface area contributed by atoms with Crippen LogP contribution in [0.4, 0.5) is 0 Å². The van der Waals surface area contributed by atoms with Crippen LogP contribution in [0.1, 0.15) is 43.5 Å². The third-order valence-electron chi connectivity index (χ3n) is 3.17. The van der Waals surface area contributed by atoms with Crippen molar-refractivity contribution in [1.29, 1.82) is 0 Å². The second kappa shape index (κ2) is 9.37. The van der Waals surface area contributed by atoms with Gasteiger partial charge in [-0.3, -0.25) is 4.79 Å². The number of benzene rings is 1. The molecule has 0 radical (unpaired) electrons. The van der Waals surface area contributed by atoms with Gasteiger partial charge in [-0.2, -0.15) is 0 Å². The molecule has 0 unspecified atom stereocenters. The molecule has 0 aliphatic carbocycles. The minimum Gasteiger partial charge on any atom is -0.494 e. The van der Waals surface area contributed by atoms with Crippen LogP contribution in [-0.4, -0.2) is 37.0 Å². The Balaban J connectivity index is 2.59. The highest BCUT2D eigenvalue weighted by Crippen LogP contribution is 2.14. The Bertz CT molecular complexity index is 390. The smallest absolute Gasteiger partial charge is 0.253 e. The molecule has 4 nitrogen and oxygen atoms in total. The van der Waals surface area contributed by atoms with Crippen LogP contribution < -0.4 is 10.5 Å². The average Bonchev–Trinajstić information content (AvgIpc) is 2.49. The van der Waals surface area contributed by atoms with E-state index in [2.05, 4.69) is 6.92 Å². The number of carbonyl (C=O) groups excluding carboxylic acids is 1. The van der Waals surface area contributed by atoms with Crippen molar-refractivity contribution in [3.05, 3.63) is 29.8 Å². The summed E-state index contributed by atoms with van der Waals surface area (Å²) in [5.74, 6) is 0.876. The number of nitrogens with two attached hydrogens (primary N) is 1. The molecule has 0 bridgehead atoms. The van der Waals surface area contributed by atoms with Crippen LogP contribution in [0, 0.1) is 0 Å². The van der Waals surface area contributed by atoms with Gasteiger partial charge in [-0.1, -0.05) is 13.3 Å². The van der Waals surface area contributed by atoms with Gasteiger partial charge in [0, 0.05) is 18.7 Å². The van der Waals surface area contributed by atoms with Gasteiger partial charge in [-0.05, 0) is 50.6 Å². The van der Waals surface area contributed by atoms with Gasteiger partial charge in [-0.15, -0.1) is 0 Å². The highest BCUT2D eigenvalue weighted by molar-refractivity contribution is 5.94. The molecular formula is C16H26N2O2. The number of hydrogen-bond acceptors (Lipinski definition) is 3. The molecule has 0 atom stereocenters. The lowest BCUT2D eigenvalue weighted by atomic mass is 10.2. The third-order valence-corrected chi connectivity index (χ3v) is 3.17. The van der Waals surface area contributed by atoms with Crippen molar-refractivity contribution < 1.29 is 9.53 Å². The summed E-state index contributed by atoms with van der Waals surface area (Å²) >= 11 is 0. The number of ether oxygens (including phenoxy) is 1. The van der Waals surface area contributed by atoms with Gasteiger partial charge in [0.15, 0.2) is 0 Å². The van der Waals surface area contributed by atoms with Crippen molar-refractivity contribution in [2.75, 3.05) is 26.2 Å². The van der Waals surface area contributed by atoms with Crippen LogP contribution in [0.15, 0.2) is 24.3 Å². The van der Waals surface area contributed by atoms with Crippen molar-refractivity contribution in [3.8, 4) is 5.75 Å². The van der Waals surface area contributed by atoms with Gasteiger partial charge in [0.25, 0.3) is 5.91 Å². The third kappa shape index (κ3) is 5.21. The lowest BCUT2D eigenvalue weighted by Crippen LogP contribution is -2.32. The highest BCUT2D eigenvalue weighted by atomic mass is 16.5. The molecule has 112 valence electrons. The molecule has 1 aromatic rings. The normalized spacial score (nSPS) is 10.3. The number of carbonyl (C=O) groups is 1. The van der Waals surface area contributed by atoms with Gasteiger partial charge in [0.1, 0.15) is 5.75 Å². The molecule has 0 spiro atoms. The molecule has 1 amide bonds. The zero-order chi connectivity index (χ0) is 14.8. The summed E-state index contributed by atoms with van der Waals surface area (Å²) in [6.07, 6.45) is 2.99. The SMILES string of the molecule is CCCCOc1ccc(C(=O)N(CC)CCCN)cc1. The summed E-state index contributed by atoms with van der Waals surface area (Å²) in [7, 11) is 0. The van der Waals surface area contributed by atoms with Crippen molar-refractivity contribution in [2.24, 2.45) is 5.73 Å². The maximum absolute atomic E-state index is 12.3. The first-order valence-electron chi connectivity index (χ1n) is 7.45. The van der Waals surface area contributed by atoms with Gasteiger partial charge in [-0.25, -0.2) is 0 Å². The number of nitrogens with zero attached hydrogens (tertiary/aromatic N) is 1. The van der Waals surface area contributed by atoms with Gasteiger partial charge in [0.05, 0.1) is 6.61 Å². The number of rotatable bonds is 9. The van der Waals surface area contributed by atoms with E-state index in [4.69, 9.17) is 10.5 Å². The van der Waals surface area contributed by atoms with Gasteiger partial charge >= 0.3 is 0 Å². The van der Waals surface area contributed by atoms with Crippen LogP contribution >= 0.6 is 0 Å². The van der Waals surface area contributed by atoms with Gasteiger partial charge < -0.3 is 15.4 Å². The highest BCUT2D eigenvalue weighted by Gasteiger charge is 2.13. The molecule has 20 heavy (non-hydrogen) atoms. The second-order valence-electron chi connectivity index (χ2n) is 4.75. The van der Waals surface area contributed by atoms with Crippen molar-refractivity contribution in [3.63, 3.8) is 0 Å². The molecule has 2 N–H and O–H groups in total. The second-order valence-corrected chi connectivity index (χ2v) is 4.75. The standard InChI is InChI=1S/C16H26N2O2/c1-3-5-13-20-15-9-7-14(8-10-15)16(19)18(4-2)12-6-11-17/h7-10H,3-6,11-13,17H2,1-2H3. The van der Waals surface area contributed by atoms with E-state index in [1.54, 1.807) is 0 Å². The molecule has 0 aliphatic heterocycles. The molecule has 0 heterocycles. The first kappa shape index (κ1) is 16.5. The fourth-order valence-corrected chi connectivity index (χ4v) is 1.90. The van der Waals surface area contributed by atoms with Crippen molar-refractivity contribution in [1.82, 2.24) is 4.90 Å². The summed E-state index contributed by atoms with van der Waals surface area (Å²) in [4.78, 5) is 14.1. The summed E-state index contributed by atoms with van der Waals surface area (Å²) in [5, 5.41) is 0. The molecule has 1 rings (SSSR count). The maximum Gasteiger partial charge on any atom is 0.253 e. The minimum absolute atomic E-state index is 0.0565. The average molecular weight is 278 g/mol. The fourth-order valence-electron chi connectivity index (χ4n) is 1.90. The van der Waals surface area contributed by atoms with E-state index in [-0.39, 0.29) is 5.91 Å². The van der Waals surface area contributed by atoms with Crippen molar-refractivity contribution >= 4 is 5.91 Å². The van der Waals surface area contributed by atoms with E-state index in [0.29, 0.717) is 25.2 Å². The fraction of sp³-hybridized carbons (Fsp3) is 0.562. The van der Waals surface area contributed by atoms with Crippen molar-refractivity contribution in [2.45, 2.75) is 33.1 Å². The molecular weight excluding hydrogens is 252 g/mol. The molecule has 0 aromatic heterocycles. The quantitative estimate of drug-likeness (QED) is 0.707.